The maximum Gasteiger partial charge on any atom is 0.123 e. The third kappa shape index (κ3) is 4.61. The Kier molecular flexibility index (Phi) is 5.82. The van der Waals surface area contributed by atoms with E-state index in [-0.39, 0.29) is 0 Å². The Morgan fingerprint density at radius 3 is 2.33 bits per heavy atom. The molecule has 0 aromatic heterocycles. The van der Waals surface area contributed by atoms with E-state index < -0.39 is 0 Å². The van der Waals surface area contributed by atoms with Gasteiger partial charge in [0, 0.05) is 18.0 Å². The maximum absolute atomic E-state index is 6.00. The van der Waals surface area contributed by atoms with Gasteiger partial charge in [-0.3, -0.25) is 0 Å². The molecule has 2 rings (SSSR count). The first-order chi connectivity index (χ1) is 10.2. The van der Waals surface area contributed by atoms with E-state index in [0.717, 1.165) is 25.3 Å². The van der Waals surface area contributed by atoms with Crippen molar-refractivity contribution in [3.05, 3.63) is 65.7 Å². The van der Waals surface area contributed by atoms with Gasteiger partial charge in [-0.05, 0) is 32.1 Å². The van der Waals surface area contributed by atoms with Crippen molar-refractivity contribution in [2.24, 2.45) is 0 Å². The van der Waals surface area contributed by atoms with Gasteiger partial charge in [0.2, 0.25) is 0 Å². The Morgan fingerprint density at radius 1 is 0.952 bits per heavy atom. The van der Waals surface area contributed by atoms with Crippen molar-refractivity contribution in [1.29, 1.82) is 0 Å². The van der Waals surface area contributed by atoms with Crippen molar-refractivity contribution < 1.29 is 4.74 Å². The van der Waals surface area contributed by atoms with Gasteiger partial charge in [0.1, 0.15) is 5.75 Å². The first kappa shape index (κ1) is 15.6. The summed E-state index contributed by atoms with van der Waals surface area (Å²) in [5.41, 5.74) is 2.58. The average molecular weight is 283 g/mol. The molecule has 0 N–H and O–H groups in total. The lowest BCUT2D eigenvalue weighted by Gasteiger charge is -2.18. The van der Waals surface area contributed by atoms with Crippen LogP contribution in [-0.4, -0.2) is 32.1 Å². The summed E-state index contributed by atoms with van der Waals surface area (Å²) in [5.74, 6) is 1.35. The standard InChI is InChI=1S/C19H25NO/c1-16(17-10-5-4-6-11-17)18-12-7-8-13-19(18)21-15-9-14-20(2)3/h4-8,10-13,16H,9,14-15H2,1-3H3. The van der Waals surface area contributed by atoms with Gasteiger partial charge in [0.25, 0.3) is 0 Å². The van der Waals surface area contributed by atoms with E-state index in [9.17, 15) is 0 Å². The number of benzene rings is 2. The van der Waals surface area contributed by atoms with Gasteiger partial charge in [-0.1, -0.05) is 55.5 Å². The summed E-state index contributed by atoms with van der Waals surface area (Å²) < 4.78 is 6.00. The van der Waals surface area contributed by atoms with E-state index in [4.69, 9.17) is 4.74 Å². The van der Waals surface area contributed by atoms with E-state index in [0.29, 0.717) is 5.92 Å². The van der Waals surface area contributed by atoms with Crippen molar-refractivity contribution in [3.8, 4) is 5.75 Å². The molecular weight excluding hydrogens is 258 g/mol. The molecule has 0 spiro atoms. The molecule has 0 aliphatic carbocycles. The number of para-hydroxylation sites is 1. The summed E-state index contributed by atoms with van der Waals surface area (Å²) in [5, 5.41) is 0. The molecule has 0 radical (unpaired) electrons. The molecule has 2 aromatic carbocycles. The summed E-state index contributed by atoms with van der Waals surface area (Å²) >= 11 is 0. The molecule has 112 valence electrons. The SMILES string of the molecule is CC(c1ccccc1)c1ccccc1OCCCN(C)C. The number of ether oxygens (including phenoxy) is 1. The molecule has 0 amide bonds. The van der Waals surface area contributed by atoms with Crippen LogP contribution in [0.1, 0.15) is 30.4 Å². The zero-order chi connectivity index (χ0) is 15.1. The topological polar surface area (TPSA) is 12.5 Å². The van der Waals surface area contributed by atoms with Crippen LogP contribution in [0.3, 0.4) is 0 Å². The highest BCUT2D eigenvalue weighted by Gasteiger charge is 2.13. The fourth-order valence-corrected chi connectivity index (χ4v) is 2.45. The van der Waals surface area contributed by atoms with Gasteiger partial charge in [-0.2, -0.15) is 0 Å². The Bertz CT molecular complexity index is 536. The summed E-state index contributed by atoms with van der Waals surface area (Å²) in [4.78, 5) is 2.18. The summed E-state index contributed by atoms with van der Waals surface area (Å²) in [7, 11) is 4.18. The van der Waals surface area contributed by atoms with Crippen molar-refractivity contribution in [2.45, 2.75) is 19.3 Å². The van der Waals surface area contributed by atoms with Crippen molar-refractivity contribution in [3.63, 3.8) is 0 Å². The zero-order valence-electron chi connectivity index (χ0n) is 13.3. The third-order valence-electron chi connectivity index (χ3n) is 3.69. The van der Waals surface area contributed by atoms with E-state index in [1.54, 1.807) is 0 Å². The lowest BCUT2D eigenvalue weighted by atomic mass is 9.92. The monoisotopic (exact) mass is 283 g/mol. The minimum absolute atomic E-state index is 0.344. The largest absolute Gasteiger partial charge is 0.493 e. The van der Waals surface area contributed by atoms with Crippen LogP contribution in [0.25, 0.3) is 0 Å². The number of hydrogen-bond donors (Lipinski definition) is 0. The summed E-state index contributed by atoms with van der Waals surface area (Å²) in [6.07, 6.45) is 1.04. The second kappa shape index (κ2) is 7.84. The normalized spacial score (nSPS) is 12.4. The zero-order valence-corrected chi connectivity index (χ0v) is 13.3. The van der Waals surface area contributed by atoms with Gasteiger partial charge in [0.05, 0.1) is 6.61 Å². The van der Waals surface area contributed by atoms with E-state index >= 15 is 0 Å². The molecule has 0 saturated carbocycles. The van der Waals surface area contributed by atoms with Crippen LogP contribution < -0.4 is 4.74 Å². The highest BCUT2D eigenvalue weighted by atomic mass is 16.5. The predicted octanol–water partition coefficient (Wildman–Crippen LogP) is 4.17. The molecule has 2 aromatic rings. The van der Waals surface area contributed by atoms with Crippen molar-refractivity contribution >= 4 is 0 Å². The molecule has 2 nitrogen and oxygen atoms in total. The summed E-state index contributed by atoms with van der Waals surface area (Å²) in [6.45, 7) is 4.05. The number of hydrogen-bond acceptors (Lipinski definition) is 2. The quantitative estimate of drug-likeness (QED) is 0.707. The maximum atomic E-state index is 6.00. The Labute approximate surface area is 128 Å². The van der Waals surface area contributed by atoms with E-state index in [1.165, 1.54) is 11.1 Å². The highest BCUT2D eigenvalue weighted by Crippen LogP contribution is 2.31. The van der Waals surface area contributed by atoms with Gasteiger partial charge >= 0.3 is 0 Å². The van der Waals surface area contributed by atoms with Gasteiger partial charge < -0.3 is 9.64 Å². The van der Waals surface area contributed by atoms with Crippen LogP contribution in [0.4, 0.5) is 0 Å². The van der Waals surface area contributed by atoms with Gasteiger partial charge in [-0.25, -0.2) is 0 Å². The molecule has 1 unspecified atom stereocenters. The fraction of sp³-hybridized carbons (Fsp3) is 0.368. The molecule has 21 heavy (non-hydrogen) atoms. The number of rotatable bonds is 7. The molecule has 1 atom stereocenters. The van der Waals surface area contributed by atoms with Crippen molar-refractivity contribution in [2.75, 3.05) is 27.2 Å². The molecule has 0 fully saturated rings. The Morgan fingerprint density at radius 2 is 1.62 bits per heavy atom. The second-order valence-electron chi connectivity index (χ2n) is 5.68. The smallest absolute Gasteiger partial charge is 0.123 e. The summed E-state index contributed by atoms with van der Waals surface area (Å²) in [6, 6.07) is 19.0. The number of nitrogens with zero attached hydrogens (tertiary/aromatic N) is 1. The van der Waals surface area contributed by atoms with Crippen LogP contribution in [-0.2, 0) is 0 Å². The van der Waals surface area contributed by atoms with Crippen LogP contribution in [0, 0.1) is 0 Å². The minimum atomic E-state index is 0.344. The van der Waals surface area contributed by atoms with E-state index in [2.05, 4.69) is 74.4 Å². The average Bonchev–Trinajstić information content (AvgIpc) is 2.52. The Balaban J connectivity index is 2.06. The highest BCUT2D eigenvalue weighted by molar-refractivity contribution is 5.41. The van der Waals surface area contributed by atoms with Gasteiger partial charge in [0.15, 0.2) is 0 Å². The molecule has 0 heterocycles. The molecule has 0 aliphatic rings. The lowest BCUT2D eigenvalue weighted by Crippen LogP contribution is -2.15. The van der Waals surface area contributed by atoms with Crippen LogP contribution in [0.2, 0.25) is 0 Å². The molecule has 0 aliphatic heterocycles. The van der Waals surface area contributed by atoms with Gasteiger partial charge in [-0.15, -0.1) is 0 Å². The third-order valence-corrected chi connectivity index (χ3v) is 3.69. The van der Waals surface area contributed by atoms with Crippen LogP contribution in [0.15, 0.2) is 54.6 Å². The van der Waals surface area contributed by atoms with Crippen LogP contribution in [0.5, 0.6) is 5.75 Å². The Hall–Kier alpha value is -1.80. The molecule has 0 bridgehead atoms. The first-order valence-corrected chi connectivity index (χ1v) is 7.60. The van der Waals surface area contributed by atoms with Crippen molar-refractivity contribution in [1.82, 2.24) is 4.90 Å². The first-order valence-electron chi connectivity index (χ1n) is 7.60. The fourth-order valence-electron chi connectivity index (χ4n) is 2.45. The minimum Gasteiger partial charge on any atom is -0.493 e. The second-order valence-corrected chi connectivity index (χ2v) is 5.68. The molecule has 0 saturated heterocycles. The predicted molar refractivity (Wildman–Crippen MR) is 89.1 cm³/mol. The van der Waals surface area contributed by atoms with Crippen LogP contribution >= 0.6 is 0 Å². The lowest BCUT2D eigenvalue weighted by molar-refractivity contribution is 0.279. The molecule has 2 heteroatoms. The van der Waals surface area contributed by atoms with E-state index in [1.807, 2.05) is 6.07 Å². The molecular formula is C19H25NO.